The molecule has 0 saturated carbocycles. The van der Waals surface area contributed by atoms with Gasteiger partial charge in [-0.1, -0.05) is 47.4 Å². The summed E-state index contributed by atoms with van der Waals surface area (Å²) in [5, 5.41) is 16.8. The van der Waals surface area contributed by atoms with Crippen molar-refractivity contribution >= 4 is 61.8 Å². The van der Waals surface area contributed by atoms with Crippen LogP contribution in [-0.2, 0) is 4.79 Å². The summed E-state index contributed by atoms with van der Waals surface area (Å²) in [4.78, 5) is 12.3. The van der Waals surface area contributed by atoms with Gasteiger partial charge in [-0.2, -0.15) is 0 Å². The van der Waals surface area contributed by atoms with Crippen LogP contribution in [-0.4, -0.2) is 28.4 Å². The Hall–Kier alpha value is -2.84. The standard InChI is InChI=1S/C19H16N4O2S2/c1-2-9-20-18-22-23-19(27-18)26-11-17(24)21-12-7-8-16-14(10-12)13-5-3-4-6-15(13)25-16/h2-8,10H,1,9,11H2,(H,20,22)(H,21,24). The number of nitrogens with one attached hydrogen (secondary N) is 2. The molecule has 0 radical (unpaired) electrons. The summed E-state index contributed by atoms with van der Waals surface area (Å²) in [6.45, 7) is 4.27. The lowest BCUT2D eigenvalue weighted by atomic mass is 10.1. The van der Waals surface area contributed by atoms with E-state index in [0.717, 1.165) is 37.1 Å². The summed E-state index contributed by atoms with van der Waals surface area (Å²) < 4.78 is 6.55. The van der Waals surface area contributed by atoms with Gasteiger partial charge in [0, 0.05) is 23.0 Å². The maximum Gasteiger partial charge on any atom is 0.234 e. The van der Waals surface area contributed by atoms with E-state index in [4.69, 9.17) is 4.42 Å². The molecule has 0 bridgehead atoms. The molecule has 0 aliphatic rings. The number of thioether (sulfide) groups is 1. The van der Waals surface area contributed by atoms with Crippen LogP contribution in [0.25, 0.3) is 21.9 Å². The number of nitrogens with zero attached hydrogens (tertiary/aromatic N) is 2. The third kappa shape index (κ3) is 3.96. The molecule has 0 atom stereocenters. The zero-order valence-corrected chi connectivity index (χ0v) is 15.9. The van der Waals surface area contributed by atoms with E-state index in [-0.39, 0.29) is 11.7 Å². The normalized spacial score (nSPS) is 11.0. The molecule has 4 aromatic rings. The first-order valence-corrected chi connectivity index (χ1v) is 10.1. The molecule has 2 heterocycles. The third-order valence-corrected chi connectivity index (χ3v) is 5.81. The lowest BCUT2D eigenvalue weighted by Crippen LogP contribution is -2.13. The maximum absolute atomic E-state index is 12.3. The largest absolute Gasteiger partial charge is 0.456 e. The minimum atomic E-state index is -0.0945. The number of benzene rings is 2. The number of rotatable bonds is 7. The first-order valence-electron chi connectivity index (χ1n) is 8.25. The summed E-state index contributed by atoms with van der Waals surface area (Å²) in [6, 6.07) is 13.5. The number of anilines is 2. The van der Waals surface area contributed by atoms with E-state index in [1.165, 1.54) is 23.1 Å². The average Bonchev–Trinajstić information content (AvgIpc) is 3.29. The monoisotopic (exact) mass is 396 g/mol. The third-order valence-electron chi connectivity index (χ3n) is 3.79. The summed E-state index contributed by atoms with van der Waals surface area (Å²) in [6.07, 6.45) is 1.75. The van der Waals surface area contributed by atoms with E-state index < -0.39 is 0 Å². The highest BCUT2D eigenvalue weighted by molar-refractivity contribution is 8.01. The van der Waals surface area contributed by atoms with Crippen LogP contribution in [0.3, 0.4) is 0 Å². The molecular weight excluding hydrogens is 380 g/mol. The van der Waals surface area contributed by atoms with Crippen LogP contribution in [0.5, 0.6) is 0 Å². The lowest BCUT2D eigenvalue weighted by Gasteiger charge is -2.04. The number of amides is 1. The number of fused-ring (bicyclic) bond motifs is 3. The molecule has 0 unspecified atom stereocenters. The van der Waals surface area contributed by atoms with Gasteiger partial charge in [0.25, 0.3) is 0 Å². The van der Waals surface area contributed by atoms with Crippen molar-refractivity contribution < 1.29 is 9.21 Å². The Morgan fingerprint density at radius 1 is 1.19 bits per heavy atom. The quantitative estimate of drug-likeness (QED) is 0.346. The van der Waals surface area contributed by atoms with Gasteiger partial charge in [0.05, 0.1) is 5.75 Å². The Labute approximate surface area is 163 Å². The zero-order chi connectivity index (χ0) is 18.6. The van der Waals surface area contributed by atoms with Gasteiger partial charge in [0.1, 0.15) is 11.2 Å². The van der Waals surface area contributed by atoms with Crippen LogP contribution in [0.4, 0.5) is 10.8 Å². The molecule has 0 aliphatic heterocycles. The second kappa shape index (κ2) is 7.81. The van der Waals surface area contributed by atoms with Gasteiger partial charge < -0.3 is 15.1 Å². The zero-order valence-electron chi connectivity index (χ0n) is 14.3. The van der Waals surface area contributed by atoms with Crippen LogP contribution in [0.2, 0.25) is 0 Å². The van der Waals surface area contributed by atoms with Crippen molar-refractivity contribution in [1.82, 2.24) is 10.2 Å². The molecule has 0 aliphatic carbocycles. The minimum absolute atomic E-state index is 0.0945. The number of hydrogen-bond acceptors (Lipinski definition) is 7. The Bertz CT molecular complexity index is 1120. The second-order valence-electron chi connectivity index (χ2n) is 5.69. The maximum atomic E-state index is 12.3. The van der Waals surface area contributed by atoms with Gasteiger partial charge in [-0.15, -0.1) is 16.8 Å². The molecule has 1 amide bonds. The van der Waals surface area contributed by atoms with Gasteiger partial charge in [-0.05, 0) is 24.3 Å². The Morgan fingerprint density at radius 2 is 2.04 bits per heavy atom. The van der Waals surface area contributed by atoms with Crippen molar-refractivity contribution in [3.05, 3.63) is 55.1 Å². The van der Waals surface area contributed by atoms with E-state index in [1.54, 1.807) is 6.08 Å². The van der Waals surface area contributed by atoms with Crippen LogP contribution < -0.4 is 10.6 Å². The summed E-state index contributed by atoms with van der Waals surface area (Å²) in [7, 11) is 0. The van der Waals surface area contributed by atoms with Crippen molar-refractivity contribution in [2.75, 3.05) is 22.9 Å². The summed E-state index contributed by atoms with van der Waals surface area (Å²) in [5.41, 5.74) is 2.38. The second-order valence-corrected chi connectivity index (χ2v) is 7.89. The van der Waals surface area contributed by atoms with Crippen molar-refractivity contribution in [3.63, 3.8) is 0 Å². The van der Waals surface area contributed by atoms with E-state index in [2.05, 4.69) is 27.4 Å². The topological polar surface area (TPSA) is 80.0 Å². The Balaban J connectivity index is 1.41. The van der Waals surface area contributed by atoms with Crippen molar-refractivity contribution in [3.8, 4) is 0 Å². The Morgan fingerprint density at radius 3 is 2.93 bits per heavy atom. The number of carbonyl (C=O) groups excluding carboxylic acids is 1. The van der Waals surface area contributed by atoms with Crippen molar-refractivity contribution in [2.45, 2.75) is 4.34 Å². The minimum Gasteiger partial charge on any atom is -0.456 e. The molecule has 0 spiro atoms. The van der Waals surface area contributed by atoms with Gasteiger partial charge in [0.15, 0.2) is 4.34 Å². The van der Waals surface area contributed by atoms with Gasteiger partial charge in [-0.3, -0.25) is 4.79 Å². The molecule has 4 rings (SSSR count). The first kappa shape index (κ1) is 17.6. The number of furan rings is 1. The van der Waals surface area contributed by atoms with Gasteiger partial charge >= 0.3 is 0 Å². The molecule has 27 heavy (non-hydrogen) atoms. The fourth-order valence-electron chi connectivity index (χ4n) is 2.63. The number of aromatic nitrogens is 2. The molecule has 2 aromatic heterocycles. The van der Waals surface area contributed by atoms with E-state index in [9.17, 15) is 4.79 Å². The van der Waals surface area contributed by atoms with E-state index in [0.29, 0.717) is 6.54 Å². The predicted molar refractivity (Wildman–Crippen MR) is 112 cm³/mol. The summed E-state index contributed by atoms with van der Waals surface area (Å²) in [5.74, 6) is 0.170. The van der Waals surface area contributed by atoms with Crippen LogP contribution in [0.1, 0.15) is 0 Å². The summed E-state index contributed by atoms with van der Waals surface area (Å²) >= 11 is 2.77. The highest BCUT2D eigenvalue weighted by atomic mass is 32.2. The SMILES string of the molecule is C=CCNc1nnc(SCC(=O)Nc2ccc3oc4ccccc4c3c2)s1. The highest BCUT2D eigenvalue weighted by Crippen LogP contribution is 2.31. The number of para-hydroxylation sites is 1. The highest BCUT2D eigenvalue weighted by Gasteiger charge is 2.10. The number of carbonyl (C=O) groups is 1. The molecule has 136 valence electrons. The molecule has 0 fully saturated rings. The Kier molecular flexibility index (Phi) is 5.08. The smallest absolute Gasteiger partial charge is 0.234 e. The molecular formula is C19H16N4O2S2. The molecule has 2 aromatic carbocycles. The fraction of sp³-hybridized carbons (Fsp3) is 0.105. The molecule has 2 N–H and O–H groups in total. The van der Waals surface area contributed by atoms with Crippen molar-refractivity contribution in [1.29, 1.82) is 0 Å². The number of hydrogen-bond donors (Lipinski definition) is 2. The van der Waals surface area contributed by atoms with Gasteiger partial charge in [-0.25, -0.2) is 0 Å². The molecule has 6 nitrogen and oxygen atoms in total. The van der Waals surface area contributed by atoms with E-state index >= 15 is 0 Å². The average molecular weight is 396 g/mol. The first-order chi connectivity index (χ1) is 13.2. The van der Waals surface area contributed by atoms with Gasteiger partial charge in [0.2, 0.25) is 11.0 Å². The lowest BCUT2D eigenvalue weighted by molar-refractivity contribution is -0.113. The van der Waals surface area contributed by atoms with Crippen LogP contribution >= 0.6 is 23.1 Å². The molecule has 8 heteroatoms. The molecule has 0 saturated heterocycles. The predicted octanol–water partition coefficient (Wildman–Crippen LogP) is 4.77. The fourth-order valence-corrected chi connectivity index (χ4v) is 4.19. The van der Waals surface area contributed by atoms with Crippen LogP contribution in [0, 0.1) is 0 Å². The van der Waals surface area contributed by atoms with Crippen molar-refractivity contribution in [2.24, 2.45) is 0 Å². The van der Waals surface area contributed by atoms with Crippen LogP contribution in [0.15, 0.2) is 63.9 Å². The van der Waals surface area contributed by atoms with E-state index in [1.807, 2.05) is 42.5 Å².